The average Bonchev–Trinajstić information content (AvgIpc) is 2.28. The number of cyclic esters (lactones) is 2. The molecule has 1 atom stereocenters. The fourth-order valence-electron chi connectivity index (χ4n) is 1.45. The molecule has 0 N–H and O–H groups in total. The van der Waals surface area contributed by atoms with Crippen LogP contribution in [0.2, 0.25) is 0 Å². The molecule has 0 aromatic heterocycles. The van der Waals surface area contributed by atoms with Gasteiger partial charge in [-0.2, -0.15) is 0 Å². The van der Waals surface area contributed by atoms with E-state index in [4.69, 9.17) is 0 Å². The third-order valence-electron chi connectivity index (χ3n) is 2.03. The van der Waals surface area contributed by atoms with Crippen LogP contribution in [0.4, 0.5) is 0 Å². The predicted octanol–water partition coefficient (Wildman–Crippen LogP) is 1.68. The summed E-state index contributed by atoms with van der Waals surface area (Å²) in [6.07, 6.45) is 0.942. The number of hydrogen-bond donors (Lipinski definition) is 0. The minimum absolute atomic E-state index is 0.171. The van der Waals surface area contributed by atoms with Crippen LogP contribution in [0.15, 0.2) is 12.2 Å². The monoisotopic (exact) mass is 182 g/mol. The van der Waals surface area contributed by atoms with Crippen LogP contribution in [0.5, 0.6) is 0 Å². The second kappa shape index (κ2) is 3.73. The molecule has 1 heterocycles. The second-order valence-corrected chi connectivity index (χ2v) is 3.81. The molecule has 0 aliphatic carbocycles. The van der Waals surface area contributed by atoms with Crippen molar-refractivity contribution in [3.8, 4) is 0 Å². The Kier molecular flexibility index (Phi) is 2.86. The van der Waals surface area contributed by atoms with Gasteiger partial charge >= 0.3 is 11.9 Å². The smallest absolute Gasteiger partial charge is 0.321 e. The van der Waals surface area contributed by atoms with E-state index >= 15 is 0 Å². The Hall–Kier alpha value is -1.12. The van der Waals surface area contributed by atoms with Crippen molar-refractivity contribution in [1.29, 1.82) is 0 Å². The molecule has 0 bridgehead atoms. The summed E-state index contributed by atoms with van der Waals surface area (Å²) in [6.45, 7) is 7.91. The van der Waals surface area contributed by atoms with E-state index < -0.39 is 17.9 Å². The van der Waals surface area contributed by atoms with E-state index in [1.807, 2.05) is 13.8 Å². The Labute approximate surface area is 77.8 Å². The molecule has 72 valence electrons. The van der Waals surface area contributed by atoms with Gasteiger partial charge in [-0.15, -0.1) is 0 Å². The third-order valence-corrected chi connectivity index (χ3v) is 2.03. The van der Waals surface area contributed by atoms with E-state index in [-0.39, 0.29) is 6.42 Å². The quantitative estimate of drug-likeness (QED) is 0.379. The minimum Gasteiger partial charge on any atom is -0.393 e. The van der Waals surface area contributed by atoms with E-state index in [9.17, 15) is 9.59 Å². The topological polar surface area (TPSA) is 43.4 Å². The molecule has 0 aromatic carbocycles. The van der Waals surface area contributed by atoms with Gasteiger partial charge in [-0.25, -0.2) is 0 Å². The molecule has 1 aliphatic heterocycles. The van der Waals surface area contributed by atoms with Crippen LogP contribution >= 0.6 is 0 Å². The summed E-state index contributed by atoms with van der Waals surface area (Å²) in [7, 11) is 0. The first kappa shape index (κ1) is 9.96. The molecule has 3 nitrogen and oxygen atoms in total. The third kappa shape index (κ3) is 2.41. The Morgan fingerprint density at radius 2 is 2.23 bits per heavy atom. The maximum atomic E-state index is 11.1. The molecule has 0 aromatic rings. The van der Waals surface area contributed by atoms with Crippen molar-refractivity contribution in [3.63, 3.8) is 0 Å². The van der Waals surface area contributed by atoms with Gasteiger partial charge in [0.1, 0.15) is 0 Å². The lowest BCUT2D eigenvalue weighted by Crippen LogP contribution is -2.11. The first-order chi connectivity index (χ1) is 6.00. The molecule has 0 spiro atoms. The Balaban J connectivity index is 2.57. The van der Waals surface area contributed by atoms with Gasteiger partial charge in [0.2, 0.25) is 0 Å². The molecule has 13 heavy (non-hydrogen) atoms. The normalized spacial score (nSPS) is 22.2. The molecule has 1 fully saturated rings. The van der Waals surface area contributed by atoms with Gasteiger partial charge in [0.25, 0.3) is 0 Å². The number of esters is 2. The van der Waals surface area contributed by atoms with E-state index in [1.54, 1.807) is 0 Å². The van der Waals surface area contributed by atoms with E-state index in [2.05, 4.69) is 11.3 Å². The van der Waals surface area contributed by atoms with Crippen molar-refractivity contribution >= 4 is 11.9 Å². The van der Waals surface area contributed by atoms with Crippen molar-refractivity contribution in [2.45, 2.75) is 26.7 Å². The highest BCUT2D eigenvalue weighted by molar-refractivity contribution is 5.96. The summed E-state index contributed by atoms with van der Waals surface area (Å²) in [5.41, 5.74) is 0.811. The lowest BCUT2D eigenvalue weighted by molar-refractivity contribution is -0.152. The van der Waals surface area contributed by atoms with Crippen molar-refractivity contribution < 1.29 is 14.3 Å². The highest BCUT2D eigenvalue weighted by atomic mass is 16.6. The van der Waals surface area contributed by atoms with Crippen LogP contribution in [0.1, 0.15) is 26.7 Å². The minimum atomic E-state index is -0.435. The average molecular weight is 182 g/mol. The largest absolute Gasteiger partial charge is 0.393 e. The first-order valence-electron chi connectivity index (χ1n) is 4.43. The Morgan fingerprint density at radius 1 is 1.62 bits per heavy atom. The molecule has 0 saturated carbocycles. The van der Waals surface area contributed by atoms with Crippen LogP contribution in [-0.2, 0) is 14.3 Å². The fraction of sp³-hybridized carbons (Fsp3) is 0.600. The van der Waals surface area contributed by atoms with Crippen LogP contribution in [0, 0.1) is 11.8 Å². The van der Waals surface area contributed by atoms with Crippen LogP contribution in [0.25, 0.3) is 0 Å². The summed E-state index contributed by atoms with van der Waals surface area (Å²) in [4.78, 5) is 21.9. The van der Waals surface area contributed by atoms with E-state index in [1.165, 1.54) is 0 Å². The van der Waals surface area contributed by atoms with Crippen LogP contribution in [-0.4, -0.2) is 11.9 Å². The Morgan fingerprint density at radius 3 is 2.62 bits per heavy atom. The summed E-state index contributed by atoms with van der Waals surface area (Å²) < 4.78 is 4.44. The molecule has 0 amide bonds. The summed E-state index contributed by atoms with van der Waals surface area (Å²) in [5, 5.41) is 0. The molecule has 1 rings (SSSR count). The van der Waals surface area contributed by atoms with E-state index in [0.717, 1.165) is 12.0 Å². The van der Waals surface area contributed by atoms with Gasteiger partial charge in [0.15, 0.2) is 0 Å². The van der Waals surface area contributed by atoms with Crippen molar-refractivity contribution in [2.24, 2.45) is 11.8 Å². The molecule has 3 heteroatoms. The summed E-state index contributed by atoms with van der Waals surface area (Å²) in [5.74, 6) is -0.804. The lowest BCUT2D eigenvalue weighted by Gasteiger charge is -2.10. The van der Waals surface area contributed by atoms with Crippen LogP contribution in [0.3, 0.4) is 0 Å². The lowest BCUT2D eigenvalue weighted by atomic mass is 9.92. The highest BCUT2D eigenvalue weighted by Crippen LogP contribution is 2.26. The predicted molar refractivity (Wildman–Crippen MR) is 47.8 cm³/mol. The van der Waals surface area contributed by atoms with Gasteiger partial charge in [0, 0.05) is 0 Å². The number of ether oxygens (including phenoxy) is 1. The van der Waals surface area contributed by atoms with Gasteiger partial charge in [-0.1, -0.05) is 26.0 Å². The van der Waals surface area contributed by atoms with Crippen molar-refractivity contribution in [1.82, 2.24) is 0 Å². The van der Waals surface area contributed by atoms with Crippen molar-refractivity contribution in [2.75, 3.05) is 0 Å². The maximum absolute atomic E-state index is 11.1. The molecular weight excluding hydrogens is 168 g/mol. The van der Waals surface area contributed by atoms with Crippen molar-refractivity contribution in [3.05, 3.63) is 12.2 Å². The summed E-state index contributed by atoms with van der Waals surface area (Å²) >= 11 is 0. The van der Waals surface area contributed by atoms with Gasteiger partial charge < -0.3 is 4.74 Å². The molecular formula is C10H14O3. The number of hydrogen-bond acceptors (Lipinski definition) is 3. The van der Waals surface area contributed by atoms with E-state index in [0.29, 0.717) is 5.92 Å². The maximum Gasteiger partial charge on any atom is 0.321 e. The molecule has 1 unspecified atom stereocenters. The fourth-order valence-corrected chi connectivity index (χ4v) is 1.45. The first-order valence-corrected chi connectivity index (χ1v) is 4.43. The zero-order chi connectivity index (χ0) is 10.0. The molecule has 0 radical (unpaired) electrons. The zero-order valence-electron chi connectivity index (χ0n) is 8.00. The molecule has 1 saturated heterocycles. The Bertz CT molecular complexity index is 253. The number of carbonyl (C=O) groups is 2. The number of rotatable bonds is 3. The second-order valence-electron chi connectivity index (χ2n) is 3.81. The molecule has 1 aliphatic rings. The zero-order valence-corrected chi connectivity index (χ0v) is 8.00. The van der Waals surface area contributed by atoms with Gasteiger partial charge in [-0.3, -0.25) is 9.59 Å². The SMILES string of the molecule is C=C(CC(C)C)C1CC(=O)OC1=O. The van der Waals surface area contributed by atoms with Gasteiger partial charge in [-0.05, 0) is 12.3 Å². The van der Waals surface area contributed by atoms with Crippen LogP contribution < -0.4 is 0 Å². The standard InChI is InChI=1S/C10H14O3/c1-6(2)4-7(3)8-5-9(11)13-10(8)12/h6,8H,3-5H2,1-2H3. The summed E-state index contributed by atoms with van der Waals surface area (Å²) in [6, 6.07) is 0. The highest BCUT2D eigenvalue weighted by Gasteiger charge is 2.35. The van der Waals surface area contributed by atoms with Gasteiger partial charge in [0.05, 0.1) is 12.3 Å². The number of carbonyl (C=O) groups excluding carboxylic acids is 2.